The summed E-state index contributed by atoms with van der Waals surface area (Å²) >= 11 is 3.82. The van der Waals surface area contributed by atoms with Crippen molar-refractivity contribution >= 4 is 42.3 Å². The summed E-state index contributed by atoms with van der Waals surface area (Å²) in [4.78, 5) is 1.43. The van der Waals surface area contributed by atoms with Crippen LogP contribution < -0.4 is 4.57 Å². The van der Waals surface area contributed by atoms with Gasteiger partial charge in [-0.05, 0) is 13.0 Å². The molecule has 0 amide bonds. The summed E-state index contributed by atoms with van der Waals surface area (Å²) in [7, 11) is 0. The maximum Gasteiger partial charge on any atom is 0.281 e. The van der Waals surface area contributed by atoms with E-state index in [1.807, 2.05) is 22.7 Å². The number of thiazole rings is 1. The van der Waals surface area contributed by atoms with Crippen molar-refractivity contribution in [3.63, 3.8) is 0 Å². The van der Waals surface area contributed by atoms with Gasteiger partial charge in [0.05, 0.1) is 0 Å². The zero-order valence-corrected chi connectivity index (χ0v) is 10.4. The molecule has 0 spiro atoms. The number of fused-ring (bicyclic) bond motifs is 3. The number of benzene rings is 1. The highest BCUT2D eigenvalue weighted by atomic mass is 32.1. The van der Waals surface area contributed by atoms with Gasteiger partial charge in [-0.25, -0.2) is 0 Å². The first-order valence-electron chi connectivity index (χ1n) is 5.11. The normalized spacial score (nSPS) is 11.6. The van der Waals surface area contributed by atoms with E-state index in [2.05, 4.69) is 42.7 Å². The fraction of sp³-hybridized carbons (Fsp3) is 0.250. The molecule has 1 aromatic carbocycles. The molecule has 3 rings (SSSR count). The molecule has 0 saturated carbocycles. The molecule has 0 aliphatic rings. The van der Waals surface area contributed by atoms with Crippen LogP contribution in [0.3, 0.4) is 0 Å². The molecule has 2 aromatic heterocycles. The van der Waals surface area contributed by atoms with Gasteiger partial charge < -0.3 is 0 Å². The quantitative estimate of drug-likeness (QED) is 0.565. The smallest absolute Gasteiger partial charge is 0.177 e. The van der Waals surface area contributed by atoms with Crippen molar-refractivity contribution < 1.29 is 4.57 Å². The van der Waals surface area contributed by atoms with Crippen molar-refractivity contribution in [2.75, 3.05) is 0 Å². The van der Waals surface area contributed by atoms with E-state index in [9.17, 15) is 0 Å². The van der Waals surface area contributed by atoms with Crippen LogP contribution in [-0.4, -0.2) is 0 Å². The zero-order valence-electron chi connectivity index (χ0n) is 8.78. The standard InChI is InChI=1S/C12H12NS2/c1-3-13-8(2)14-11-9-6-4-5-7-10(9)15-12(11)13/h4-7H,3H2,1-2H3/q+1. The topological polar surface area (TPSA) is 3.88 Å². The van der Waals surface area contributed by atoms with Gasteiger partial charge in [0, 0.05) is 17.0 Å². The van der Waals surface area contributed by atoms with E-state index in [1.165, 1.54) is 24.6 Å². The van der Waals surface area contributed by atoms with Crippen LogP contribution in [-0.2, 0) is 6.54 Å². The third-order valence-electron chi connectivity index (χ3n) is 2.72. The van der Waals surface area contributed by atoms with Gasteiger partial charge in [-0.1, -0.05) is 40.9 Å². The summed E-state index contributed by atoms with van der Waals surface area (Å²) in [6.07, 6.45) is 0. The molecule has 3 aromatic rings. The Morgan fingerprint density at radius 3 is 2.80 bits per heavy atom. The second kappa shape index (κ2) is 3.29. The van der Waals surface area contributed by atoms with Gasteiger partial charge in [0.15, 0.2) is 0 Å². The number of aryl methyl sites for hydroxylation is 2. The molecule has 0 atom stereocenters. The summed E-state index contributed by atoms with van der Waals surface area (Å²) in [5.41, 5.74) is 0. The van der Waals surface area contributed by atoms with Crippen molar-refractivity contribution in [2.45, 2.75) is 20.4 Å². The summed E-state index contributed by atoms with van der Waals surface area (Å²) in [5.74, 6) is 0. The van der Waals surface area contributed by atoms with Crippen LogP contribution in [0.5, 0.6) is 0 Å². The maximum absolute atomic E-state index is 2.41. The Morgan fingerprint density at radius 1 is 1.20 bits per heavy atom. The number of aromatic nitrogens is 1. The lowest BCUT2D eigenvalue weighted by Gasteiger charge is -1.86. The Balaban J connectivity index is 2.52. The molecule has 15 heavy (non-hydrogen) atoms. The van der Waals surface area contributed by atoms with Crippen molar-refractivity contribution in [1.82, 2.24) is 0 Å². The Labute approximate surface area is 96.6 Å². The number of rotatable bonds is 1. The lowest BCUT2D eigenvalue weighted by atomic mass is 10.3. The first-order valence-corrected chi connectivity index (χ1v) is 6.75. The van der Waals surface area contributed by atoms with Gasteiger partial charge in [-0.15, -0.1) is 0 Å². The van der Waals surface area contributed by atoms with Gasteiger partial charge >= 0.3 is 0 Å². The summed E-state index contributed by atoms with van der Waals surface area (Å²) < 4.78 is 5.26. The molecule has 0 aliphatic heterocycles. The second-order valence-electron chi connectivity index (χ2n) is 3.60. The molecule has 2 heterocycles. The highest BCUT2D eigenvalue weighted by Crippen LogP contribution is 2.35. The predicted octanol–water partition coefficient (Wildman–Crippen LogP) is 3.73. The summed E-state index contributed by atoms with van der Waals surface area (Å²) in [6.45, 7) is 5.48. The summed E-state index contributed by atoms with van der Waals surface area (Å²) in [5, 5.41) is 2.82. The third-order valence-corrected chi connectivity index (χ3v) is 5.18. The lowest BCUT2D eigenvalue weighted by molar-refractivity contribution is -0.667. The molecule has 0 N–H and O–H groups in total. The van der Waals surface area contributed by atoms with E-state index < -0.39 is 0 Å². The van der Waals surface area contributed by atoms with Crippen molar-refractivity contribution in [3.8, 4) is 0 Å². The SMILES string of the molecule is CC[n+]1c(C)sc2c3ccccc3sc21. The van der Waals surface area contributed by atoms with Gasteiger partial charge in [0.1, 0.15) is 11.2 Å². The third kappa shape index (κ3) is 1.23. The molecule has 0 saturated heterocycles. The van der Waals surface area contributed by atoms with Crippen LogP contribution in [0, 0.1) is 6.92 Å². The van der Waals surface area contributed by atoms with Gasteiger partial charge in [-0.3, -0.25) is 0 Å². The van der Waals surface area contributed by atoms with Crippen molar-refractivity contribution in [3.05, 3.63) is 29.3 Å². The molecular formula is C12H12NS2+. The average Bonchev–Trinajstić information content (AvgIpc) is 2.72. The molecule has 0 aliphatic carbocycles. The number of nitrogens with zero attached hydrogens (tertiary/aromatic N) is 1. The first-order chi connectivity index (χ1) is 7.31. The average molecular weight is 234 g/mol. The maximum atomic E-state index is 2.41. The zero-order chi connectivity index (χ0) is 10.4. The Bertz CT molecular complexity index is 633. The first kappa shape index (κ1) is 9.31. The highest BCUT2D eigenvalue weighted by Gasteiger charge is 2.20. The van der Waals surface area contributed by atoms with Crippen LogP contribution in [0.15, 0.2) is 24.3 Å². The minimum absolute atomic E-state index is 1.07. The second-order valence-corrected chi connectivity index (χ2v) is 5.83. The van der Waals surface area contributed by atoms with Crippen LogP contribution in [0.1, 0.15) is 11.9 Å². The minimum Gasteiger partial charge on any atom is -0.177 e. The number of hydrogen-bond acceptors (Lipinski definition) is 2. The highest BCUT2D eigenvalue weighted by molar-refractivity contribution is 7.31. The van der Waals surface area contributed by atoms with Gasteiger partial charge in [-0.2, -0.15) is 4.57 Å². The monoisotopic (exact) mass is 234 g/mol. The Hall–Kier alpha value is -0.930. The van der Waals surface area contributed by atoms with E-state index in [4.69, 9.17) is 0 Å². The van der Waals surface area contributed by atoms with Crippen LogP contribution in [0.4, 0.5) is 0 Å². The largest absolute Gasteiger partial charge is 0.281 e. The van der Waals surface area contributed by atoms with Crippen molar-refractivity contribution in [2.24, 2.45) is 0 Å². The Morgan fingerprint density at radius 2 is 2.00 bits per heavy atom. The fourth-order valence-electron chi connectivity index (χ4n) is 2.00. The molecule has 1 nitrogen and oxygen atoms in total. The van der Waals surface area contributed by atoms with Crippen LogP contribution in [0.2, 0.25) is 0 Å². The van der Waals surface area contributed by atoms with Crippen LogP contribution in [0.25, 0.3) is 19.6 Å². The van der Waals surface area contributed by atoms with E-state index in [0.717, 1.165) is 6.54 Å². The summed E-state index contributed by atoms with van der Waals surface area (Å²) in [6, 6.07) is 8.68. The molecule has 0 bridgehead atoms. The molecule has 0 fully saturated rings. The predicted molar refractivity (Wildman–Crippen MR) is 67.8 cm³/mol. The molecule has 3 heteroatoms. The van der Waals surface area contributed by atoms with E-state index in [-0.39, 0.29) is 0 Å². The minimum atomic E-state index is 1.07. The number of thiophene rings is 1. The molecule has 0 radical (unpaired) electrons. The Kier molecular flexibility index (Phi) is 2.04. The van der Waals surface area contributed by atoms with E-state index in [1.54, 1.807) is 0 Å². The molecular weight excluding hydrogens is 222 g/mol. The van der Waals surface area contributed by atoms with E-state index in [0.29, 0.717) is 0 Å². The number of hydrogen-bond donors (Lipinski definition) is 0. The molecule has 76 valence electrons. The lowest BCUT2D eigenvalue weighted by Crippen LogP contribution is -2.32. The van der Waals surface area contributed by atoms with E-state index >= 15 is 0 Å². The van der Waals surface area contributed by atoms with Gasteiger partial charge in [0.2, 0.25) is 5.01 Å². The van der Waals surface area contributed by atoms with Crippen LogP contribution >= 0.6 is 22.7 Å². The fourth-order valence-corrected chi connectivity index (χ4v) is 4.70. The van der Waals surface area contributed by atoms with Crippen molar-refractivity contribution in [1.29, 1.82) is 0 Å². The molecule has 0 unspecified atom stereocenters. The van der Waals surface area contributed by atoms with Gasteiger partial charge in [0.25, 0.3) is 4.83 Å².